The van der Waals surface area contributed by atoms with E-state index in [-0.39, 0.29) is 5.60 Å². The van der Waals surface area contributed by atoms with Gasteiger partial charge in [0.05, 0.1) is 5.60 Å². The van der Waals surface area contributed by atoms with E-state index in [1.165, 1.54) is 24.3 Å². The predicted molar refractivity (Wildman–Crippen MR) is 85.3 cm³/mol. The Balaban J connectivity index is 1.67. The molecule has 0 amide bonds. The number of nitrogens with two attached hydrogens (primary N) is 1. The molecule has 2 aliphatic rings. The standard InChI is InChI=1S/C14H21N3OS2/c1-10-8-12(15)17-13(16-10)20-11-2-5-18-14(9-11)3-6-19-7-4-14/h8,11H,2-7,9H2,1H3,(H2,15,16,17). The molecule has 3 heterocycles. The lowest BCUT2D eigenvalue weighted by atomic mass is 9.88. The zero-order valence-electron chi connectivity index (χ0n) is 11.8. The number of anilines is 1. The molecule has 1 unspecified atom stereocenters. The molecule has 20 heavy (non-hydrogen) atoms. The highest BCUT2D eigenvalue weighted by molar-refractivity contribution is 7.99. The van der Waals surface area contributed by atoms with Gasteiger partial charge in [0, 0.05) is 23.6 Å². The maximum Gasteiger partial charge on any atom is 0.189 e. The van der Waals surface area contributed by atoms with Gasteiger partial charge < -0.3 is 10.5 Å². The summed E-state index contributed by atoms with van der Waals surface area (Å²) in [6, 6.07) is 1.81. The van der Waals surface area contributed by atoms with Crippen molar-refractivity contribution >= 4 is 29.3 Å². The van der Waals surface area contributed by atoms with Crippen LogP contribution in [-0.2, 0) is 4.74 Å². The number of aromatic nitrogens is 2. The first-order valence-corrected chi connectivity index (χ1v) is 9.18. The summed E-state index contributed by atoms with van der Waals surface area (Å²) in [7, 11) is 0. The zero-order valence-corrected chi connectivity index (χ0v) is 13.4. The van der Waals surface area contributed by atoms with Crippen molar-refractivity contribution in [3.05, 3.63) is 11.8 Å². The minimum Gasteiger partial charge on any atom is -0.384 e. The highest BCUT2D eigenvalue weighted by Crippen LogP contribution is 2.42. The van der Waals surface area contributed by atoms with E-state index in [0.717, 1.165) is 30.3 Å². The van der Waals surface area contributed by atoms with Gasteiger partial charge in [-0.05, 0) is 44.1 Å². The average molecular weight is 311 g/mol. The SMILES string of the molecule is Cc1cc(N)nc(SC2CCOC3(CCSCC3)C2)n1. The Morgan fingerprint density at radius 3 is 2.95 bits per heavy atom. The summed E-state index contributed by atoms with van der Waals surface area (Å²) >= 11 is 3.82. The molecule has 1 aromatic heterocycles. The van der Waals surface area contributed by atoms with Crippen LogP contribution in [0.5, 0.6) is 0 Å². The van der Waals surface area contributed by atoms with Crippen LogP contribution in [0.1, 0.15) is 31.4 Å². The monoisotopic (exact) mass is 311 g/mol. The van der Waals surface area contributed by atoms with Crippen LogP contribution in [0.15, 0.2) is 11.2 Å². The van der Waals surface area contributed by atoms with Gasteiger partial charge in [0.2, 0.25) is 0 Å². The van der Waals surface area contributed by atoms with Crippen molar-refractivity contribution in [3.8, 4) is 0 Å². The minimum absolute atomic E-state index is 0.122. The number of thioether (sulfide) groups is 2. The number of nitrogen functional groups attached to an aromatic ring is 1. The molecule has 0 aromatic carbocycles. The maximum atomic E-state index is 6.13. The third-order valence-electron chi connectivity index (χ3n) is 3.98. The van der Waals surface area contributed by atoms with Crippen LogP contribution in [0, 0.1) is 6.92 Å². The molecule has 2 aliphatic heterocycles. The first-order chi connectivity index (χ1) is 9.65. The molecule has 6 heteroatoms. The lowest BCUT2D eigenvalue weighted by Crippen LogP contribution is -2.43. The summed E-state index contributed by atoms with van der Waals surface area (Å²) in [5.74, 6) is 3.02. The fourth-order valence-corrected chi connectivity index (χ4v) is 5.43. The van der Waals surface area contributed by atoms with Crippen molar-refractivity contribution in [2.24, 2.45) is 0 Å². The van der Waals surface area contributed by atoms with Crippen LogP contribution in [-0.4, -0.2) is 38.9 Å². The Kier molecular flexibility index (Phi) is 4.43. The van der Waals surface area contributed by atoms with Crippen LogP contribution in [0.2, 0.25) is 0 Å². The summed E-state index contributed by atoms with van der Waals surface area (Å²) in [4.78, 5) is 8.83. The second-order valence-corrected chi connectivity index (χ2v) is 8.09. The number of aryl methyl sites for hydroxylation is 1. The smallest absolute Gasteiger partial charge is 0.189 e. The minimum atomic E-state index is 0.122. The molecular formula is C14H21N3OS2. The number of hydrogen-bond acceptors (Lipinski definition) is 6. The average Bonchev–Trinajstić information content (AvgIpc) is 2.38. The quantitative estimate of drug-likeness (QED) is 0.847. The molecule has 2 fully saturated rings. The second-order valence-electron chi connectivity index (χ2n) is 5.59. The summed E-state index contributed by atoms with van der Waals surface area (Å²) in [5.41, 5.74) is 6.87. The third kappa shape index (κ3) is 3.40. The second kappa shape index (κ2) is 6.12. The van der Waals surface area contributed by atoms with Gasteiger partial charge in [-0.25, -0.2) is 9.97 Å². The molecule has 3 rings (SSSR count). The molecule has 2 N–H and O–H groups in total. The van der Waals surface area contributed by atoms with Gasteiger partial charge in [-0.1, -0.05) is 11.8 Å². The van der Waals surface area contributed by atoms with Crippen LogP contribution in [0.4, 0.5) is 5.82 Å². The molecule has 1 aromatic rings. The molecule has 2 saturated heterocycles. The first-order valence-electron chi connectivity index (χ1n) is 7.15. The normalized spacial score (nSPS) is 25.8. The van der Waals surface area contributed by atoms with E-state index in [2.05, 4.69) is 9.97 Å². The summed E-state index contributed by atoms with van der Waals surface area (Å²) in [6.45, 7) is 2.83. The molecular weight excluding hydrogens is 290 g/mol. The van der Waals surface area contributed by atoms with E-state index in [4.69, 9.17) is 10.5 Å². The zero-order chi connectivity index (χ0) is 14.0. The summed E-state index contributed by atoms with van der Waals surface area (Å²) in [5, 5.41) is 1.36. The van der Waals surface area contributed by atoms with Gasteiger partial charge in [0.1, 0.15) is 5.82 Å². The molecule has 0 aliphatic carbocycles. The van der Waals surface area contributed by atoms with Crippen LogP contribution < -0.4 is 5.73 Å². The highest BCUT2D eigenvalue weighted by atomic mass is 32.2. The van der Waals surface area contributed by atoms with Gasteiger partial charge in [-0.15, -0.1) is 0 Å². The molecule has 1 spiro atoms. The van der Waals surface area contributed by atoms with Crippen LogP contribution >= 0.6 is 23.5 Å². The Morgan fingerprint density at radius 2 is 2.20 bits per heavy atom. The lowest BCUT2D eigenvalue weighted by molar-refractivity contribution is -0.0805. The van der Waals surface area contributed by atoms with Crippen LogP contribution in [0.25, 0.3) is 0 Å². The highest BCUT2D eigenvalue weighted by Gasteiger charge is 2.39. The first kappa shape index (κ1) is 14.5. The van der Waals surface area contributed by atoms with Crippen LogP contribution in [0.3, 0.4) is 0 Å². The van der Waals surface area contributed by atoms with E-state index in [1.807, 2.05) is 24.8 Å². The fraction of sp³-hybridized carbons (Fsp3) is 0.714. The van der Waals surface area contributed by atoms with Crippen molar-refractivity contribution in [2.75, 3.05) is 23.8 Å². The van der Waals surface area contributed by atoms with Gasteiger partial charge in [0.25, 0.3) is 0 Å². The van der Waals surface area contributed by atoms with Crippen molar-refractivity contribution in [1.29, 1.82) is 0 Å². The van der Waals surface area contributed by atoms with E-state index in [1.54, 1.807) is 11.8 Å². The number of nitrogens with zero attached hydrogens (tertiary/aromatic N) is 2. The maximum absolute atomic E-state index is 6.13. The number of ether oxygens (including phenoxy) is 1. The molecule has 1 atom stereocenters. The van der Waals surface area contributed by atoms with E-state index >= 15 is 0 Å². The molecule has 0 radical (unpaired) electrons. The Bertz CT molecular complexity index is 452. The Hall–Kier alpha value is -0.460. The van der Waals surface area contributed by atoms with E-state index < -0.39 is 0 Å². The fourth-order valence-electron chi connectivity index (χ4n) is 2.94. The third-order valence-corrected chi connectivity index (χ3v) is 6.09. The van der Waals surface area contributed by atoms with Gasteiger partial charge in [-0.3, -0.25) is 0 Å². The van der Waals surface area contributed by atoms with Crippen molar-refractivity contribution in [3.63, 3.8) is 0 Å². The largest absolute Gasteiger partial charge is 0.384 e. The van der Waals surface area contributed by atoms with Gasteiger partial charge in [0.15, 0.2) is 5.16 Å². The van der Waals surface area contributed by atoms with E-state index in [0.29, 0.717) is 11.1 Å². The number of hydrogen-bond donors (Lipinski definition) is 1. The number of rotatable bonds is 2. The molecule has 0 saturated carbocycles. The summed E-state index contributed by atoms with van der Waals surface area (Å²) < 4.78 is 6.13. The topological polar surface area (TPSA) is 61.0 Å². The molecule has 110 valence electrons. The van der Waals surface area contributed by atoms with Crippen molar-refractivity contribution in [2.45, 2.75) is 48.6 Å². The van der Waals surface area contributed by atoms with Gasteiger partial charge >= 0.3 is 0 Å². The predicted octanol–water partition coefficient (Wildman–Crippen LogP) is 2.90. The Labute approximate surface area is 128 Å². The Morgan fingerprint density at radius 1 is 1.40 bits per heavy atom. The lowest BCUT2D eigenvalue weighted by Gasteiger charge is -2.42. The van der Waals surface area contributed by atoms with Crippen molar-refractivity contribution < 1.29 is 4.74 Å². The van der Waals surface area contributed by atoms with E-state index in [9.17, 15) is 0 Å². The van der Waals surface area contributed by atoms with Gasteiger partial charge in [-0.2, -0.15) is 11.8 Å². The summed E-state index contributed by atoms with van der Waals surface area (Å²) in [6.07, 6.45) is 4.57. The molecule has 4 nitrogen and oxygen atoms in total. The molecule has 0 bridgehead atoms. The van der Waals surface area contributed by atoms with Crippen molar-refractivity contribution in [1.82, 2.24) is 9.97 Å².